The van der Waals surface area contributed by atoms with Gasteiger partial charge in [-0.2, -0.15) is 4.98 Å². The molecule has 1 atom stereocenters. The summed E-state index contributed by atoms with van der Waals surface area (Å²) in [6, 6.07) is 9.49. The molecule has 0 aliphatic rings. The summed E-state index contributed by atoms with van der Waals surface area (Å²) in [4.78, 5) is 14.7. The van der Waals surface area contributed by atoms with E-state index in [-0.39, 0.29) is 12.6 Å². The SMILES string of the molecule is NC(=O)OCCC[C@H](N)c1nc(Cc2ccccc2)no1. The van der Waals surface area contributed by atoms with Gasteiger partial charge < -0.3 is 20.7 Å². The van der Waals surface area contributed by atoms with Crippen LogP contribution in [0.3, 0.4) is 0 Å². The highest BCUT2D eigenvalue weighted by molar-refractivity contribution is 5.64. The van der Waals surface area contributed by atoms with Crippen LogP contribution in [-0.2, 0) is 11.2 Å². The fourth-order valence-electron chi connectivity index (χ4n) is 1.87. The van der Waals surface area contributed by atoms with E-state index in [1.807, 2.05) is 30.3 Å². The maximum absolute atomic E-state index is 10.4. The third kappa shape index (κ3) is 4.88. The van der Waals surface area contributed by atoms with E-state index in [0.717, 1.165) is 5.56 Å². The molecule has 0 fully saturated rings. The third-order valence-corrected chi connectivity index (χ3v) is 2.91. The first-order chi connectivity index (χ1) is 10.1. The average Bonchev–Trinajstić information content (AvgIpc) is 2.93. The van der Waals surface area contributed by atoms with E-state index < -0.39 is 6.09 Å². The molecule has 0 bridgehead atoms. The van der Waals surface area contributed by atoms with Crippen LogP contribution in [0.4, 0.5) is 4.79 Å². The molecule has 1 heterocycles. The molecule has 2 aromatic rings. The molecule has 112 valence electrons. The Balaban J connectivity index is 1.83. The summed E-state index contributed by atoms with van der Waals surface area (Å²) in [6.45, 7) is 0.230. The van der Waals surface area contributed by atoms with Gasteiger partial charge in [-0.1, -0.05) is 35.5 Å². The Labute approximate surface area is 122 Å². The Hall–Kier alpha value is -2.41. The number of hydrogen-bond donors (Lipinski definition) is 2. The molecule has 4 N–H and O–H groups in total. The lowest BCUT2D eigenvalue weighted by molar-refractivity contribution is 0.153. The first-order valence-electron chi connectivity index (χ1n) is 6.69. The van der Waals surface area contributed by atoms with Crippen molar-refractivity contribution >= 4 is 6.09 Å². The lowest BCUT2D eigenvalue weighted by Crippen LogP contribution is -2.16. The fraction of sp³-hybridized carbons (Fsp3) is 0.357. The molecule has 7 nitrogen and oxygen atoms in total. The number of carbonyl (C=O) groups is 1. The Morgan fingerprint density at radius 2 is 2.10 bits per heavy atom. The number of hydrogen-bond acceptors (Lipinski definition) is 6. The monoisotopic (exact) mass is 290 g/mol. The van der Waals surface area contributed by atoms with E-state index in [4.69, 9.17) is 16.0 Å². The number of nitrogens with zero attached hydrogens (tertiary/aromatic N) is 2. The standard InChI is InChI=1S/C14H18N4O3/c15-11(7-4-8-20-14(16)19)13-17-12(18-21-13)9-10-5-2-1-3-6-10/h1-3,5-6,11H,4,7-9,15H2,(H2,16,19)/t11-/m0/s1. The summed E-state index contributed by atoms with van der Waals surface area (Å²) in [5, 5.41) is 3.92. The van der Waals surface area contributed by atoms with Crippen LogP contribution in [0, 0.1) is 0 Å². The number of aromatic nitrogens is 2. The minimum atomic E-state index is -0.786. The zero-order valence-electron chi connectivity index (χ0n) is 11.6. The van der Waals surface area contributed by atoms with Crippen LogP contribution in [0.1, 0.15) is 36.2 Å². The molecule has 0 radical (unpaired) electrons. The van der Waals surface area contributed by atoms with Gasteiger partial charge in [-0.25, -0.2) is 4.79 Å². The molecule has 0 unspecified atom stereocenters. The number of ether oxygens (including phenoxy) is 1. The zero-order chi connectivity index (χ0) is 15.1. The van der Waals surface area contributed by atoms with Crippen molar-refractivity contribution < 1.29 is 14.1 Å². The maximum atomic E-state index is 10.4. The van der Waals surface area contributed by atoms with Gasteiger partial charge in [0.25, 0.3) is 0 Å². The van der Waals surface area contributed by atoms with Crippen molar-refractivity contribution in [1.82, 2.24) is 10.1 Å². The average molecular weight is 290 g/mol. The van der Waals surface area contributed by atoms with Crippen molar-refractivity contribution in [3.63, 3.8) is 0 Å². The fourth-order valence-corrected chi connectivity index (χ4v) is 1.87. The van der Waals surface area contributed by atoms with Gasteiger partial charge in [-0.3, -0.25) is 0 Å². The number of nitrogens with two attached hydrogens (primary N) is 2. The summed E-state index contributed by atoms with van der Waals surface area (Å²) in [5.74, 6) is 0.986. The molecule has 7 heteroatoms. The van der Waals surface area contributed by atoms with Gasteiger partial charge in [0.15, 0.2) is 5.82 Å². The molecule has 0 spiro atoms. The normalized spacial score (nSPS) is 12.0. The molecule has 1 aromatic carbocycles. The Kier molecular flexibility index (Phi) is 5.28. The number of primary amides is 1. The Morgan fingerprint density at radius 3 is 2.81 bits per heavy atom. The van der Waals surface area contributed by atoms with Gasteiger partial charge >= 0.3 is 6.09 Å². The van der Waals surface area contributed by atoms with E-state index in [9.17, 15) is 4.79 Å². The van der Waals surface area contributed by atoms with Crippen LogP contribution < -0.4 is 11.5 Å². The van der Waals surface area contributed by atoms with E-state index in [2.05, 4.69) is 14.9 Å². The second-order valence-corrected chi connectivity index (χ2v) is 4.63. The molecule has 0 aliphatic heterocycles. The van der Waals surface area contributed by atoms with Crippen LogP contribution >= 0.6 is 0 Å². The van der Waals surface area contributed by atoms with Crippen molar-refractivity contribution in [2.75, 3.05) is 6.61 Å². The second kappa shape index (κ2) is 7.39. The van der Waals surface area contributed by atoms with E-state index in [1.54, 1.807) is 0 Å². The van der Waals surface area contributed by atoms with Gasteiger partial charge in [0.05, 0.1) is 12.6 Å². The van der Waals surface area contributed by atoms with Crippen LogP contribution in [0.15, 0.2) is 34.9 Å². The van der Waals surface area contributed by atoms with Crippen molar-refractivity contribution in [2.45, 2.75) is 25.3 Å². The van der Waals surface area contributed by atoms with Crippen LogP contribution in [0.5, 0.6) is 0 Å². The lowest BCUT2D eigenvalue weighted by atomic mass is 10.1. The Morgan fingerprint density at radius 1 is 1.33 bits per heavy atom. The van der Waals surface area contributed by atoms with Crippen LogP contribution in [0.25, 0.3) is 0 Å². The summed E-state index contributed by atoms with van der Waals surface area (Å²) in [5.41, 5.74) is 11.9. The van der Waals surface area contributed by atoms with E-state index in [1.165, 1.54) is 0 Å². The topological polar surface area (TPSA) is 117 Å². The van der Waals surface area contributed by atoms with Crippen LogP contribution in [0.2, 0.25) is 0 Å². The predicted molar refractivity (Wildman–Crippen MR) is 75.2 cm³/mol. The van der Waals surface area contributed by atoms with Crippen molar-refractivity contribution in [1.29, 1.82) is 0 Å². The Bertz CT molecular complexity index is 571. The minimum absolute atomic E-state index is 0.230. The third-order valence-electron chi connectivity index (χ3n) is 2.91. The quantitative estimate of drug-likeness (QED) is 0.747. The van der Waals surface area contributed by atoms with Gasteiger partial charge in [0.1, 0.15) is 0 Å². The van der Waals surface area contributed by atoms with Crippen LogP contribution in [-0.4, -0.2) is 22.8 Å². The number of carbonyl (C=O) groups excluding carboxylic acids is 1. The summed E-state index contributed by atoms with van der Waals surface area (Å²) >= 11 is 0. The highest BCUT2D eigenvalue weighted by Crippen LogP contribution is 2.15. The molecule has 2 rings (SSSR count). The van der Waals surface area contributed by atoms with Gasteiger partial charge in [-0.15, -0.1) is 0 Å². The number of amides is 1. The molecule has 0 saturated carbocycles. The van der Waals surface area contributed by atoms with Gasteiger partial charge in [0.2, 0.25) is 5.89 Å². The number of rotatable bonds is 7. The smallest absolute Gasteiger partial charge is 0.404 e. The van der Waals surface area contributed by atoms with Crippen molar-refractivity contribution in [3.8, 4) is 0 Å². The van der Waals surface area contributed by atoms with Gasteiger partial charge in [0, 0.05) is 6.42 Å². The highest BCUT2D eigenvalue weighted by atomic mass is 16.5. The van der Waals surface area contributed by atoms with Crippen molar-refractivity contribution in [3.05, 3.63) is 47.6 Å². The summed E-state index contributed by atoms with van der Waals surface area (Å²) < 4.78 is 9.79. The zero-order valence-corrected chi connectivity index (χ0v) is 11.6. The first kappa shape index (κ1) is 15.0. The highest BCUT2D eigenvalue weighted by Gasteiger charge is 2.15. The van der Waals surface area contributed by atoms with Crippen molar-refractivity contribution in [2.24, 2.45) is 11.5 Å². The largest absolute Gasteiger partial charge is 0.450 e. The molecular weight excluding hydrogens is 272 g/mol. The molecule has 21 heavy (non-hydrogen) atoms. The molecular formula is C14H18N4O3. The number of benzene rings is 1. The second-order valence-electron chi connectivity index (χ2n) is 4.63. The summed E-state index contributed by atoms with van der Waals surface area (Å²) in [7, 11) is 0. The van der Waals surface area contributed by atoms with E-state index >= 15 is 0 Å². The molecule has 1 aromatic heterocycles. The molecule has 0 saturated heterocycles. The minimum Gasteiger partial charge on any atom is -0.450 e. The lowest BCUT2D eigenvalue weighted by Gasteiger charge is -2.05. The molecule has 0 aliphatic carbocycles. The molecule has 1 amide bonds. The van der Waals surface area contributed by atoms with E-state index in [0.29, 0.717) is 31.0 Å². The first-order valence-corrected chi connectivity index (χ1v) is 6.69. The maximum Gasteiger partial charge on any atom is 0.404 e. The summed E-state index contributed by atoms with van der Waals surface area (Å²) in [6.07, 6.45) is 0.967. The predicted octanol–water partition coefficient (Wildman–Crippen LogP) is 1.54. The van der Waals surface area contributed by atoms with Gasteiger partial charge in [-0.05, 0) is 18.4 Å².